The van der Waals surface area contributed by atoms with Crippen molar-refractivity contribution in [1.29, 1.82) is 0 Å². The van der Waals surface area contributed by atoms with Crippen LogP contribution in [-0.2, 0) is 6.54 Å². The number of aromatic amines is 1. The van der Waals surface area contributed by atoms with Gasteiger partial charge in [0.05, 0.1) is 12.2 Å². The van der Waals surface area contributed by atoms with Gasteiger partial charge in [0, 0.05) is 4.47 Å². The monoisotopic (exact) mass is 344 g/mol. The number of benzene rings is 2. The van der Waals surface area contributed by atoms with Crippen LogP contribution >= 0.6 is 28.1 Å². The molecule has 0 radical (unpaired) electrons. The zero-order chi connectivity index (χ0) is 13.9. The van der Waals surface area contributed by atoms with Crippen molar-refractivity contribution in [3.63, 3.8) is 0 Å². The van der Waals surface area contributed by atoms with Gasteiger partial charge >= 0.3 is 0 Å². The first-order valence-electron chi connectivity index (χ1n) is 6.32. The standard InChI is InChI=1S/C16H13BrN2S/c17-14-8-4-5-12(9-14)11-19-16(20)10-15(18-19)13-6-2-1-3-7-13/h1-10,18H,11H2. The first kappa shape index (κ1) is 13.3. The van der Waals surface area contributed by atoms with Crippen LogP contribution in [0.15, 0.2) is 65.1 Å². The predicted molar refractivity (Wildman–Crippen MR) is 88.3 cm³/mol. The molecule has 0 aliphatic rings. The SMILES string of the molecule is S=c1cc(-c2ccccc2)[nH]n1Cc1cccc(Br)c1. The number of aromatic nitrogens is 2. The van der Waals surface area contributed by atoms with Gasteiger partial charge < -0.3 is 0 Å². The van der Waals surface area contributed by atoms with Crippen LogP contribution in [0.3, 0.4) is 0 Å². The van der Waals surface area contributed by atoms with Gasteiger partial charge in [0.2, 0.25) is 0 Å². The number of nitrogens with zero attached hydrogens (tertiary/aromatic N) is 1. The van der Waals surface area contributed by atoms with E-state index < -0.39 is 0 Å². The maximum Gasteiger partial charge on any atom is 0.122 e. The second kappa shape index (κ2) is 5.77. The van der Waals surface area contributed by atoms with Gasteiger partial charge in [-0.05, 0) is 29.3 Å². The van der Waals surface area contributed by atoms with Crippen molar-refractivity contribution in [2.24, 2.45) is 0 Å². The van der Waals surface area contributed by atoms with Crippen LogP contribution in [0, 0.1) is 4.64 Å². The lowest BCUT2D eigenvalue weighted by Crippen LogP contribution is -2.01. The van der Waals surface area contributed by atoms with E-state index in [0.717, 1.165) is 26.9 Å². The van der Waals surface area contributed by atoms with Gasteiger partial charge in [0.25, 0.3) is 0 Å². The number of H-pyrrole nitrogens is 1. The molecule has 2 nitrogen and oxygen atoms in total. The van der Waals surface area contributed by atoms with Crippen LogP contribution in [0.4, 0.5) is 0 Å². The quantitative estimate of drug-likeness (QED) is 0.661. The molecule has 1 aromatic heterocycles. The van der Waals surface area contributed by atoms with Gasteiger partial charge in [0.15, 0.2) is 0 Å². The highest BCUT2D eigenvalue weighted by Gasteiger charge is 2.03. The fourth-order valence-corrected chi connectivity index (χ4v) is 2.81. The summed E-state index contributed by atoms with van der Waals surface area (Å²) in [6, 6.07) is 20.5. The minimum Gasteiger partial charge on any atom is -0.297 e. The van der Waals surface area contributed by atoms with Gasteiger partial charge in [-0.2, -0.15) is 0 Å². The van der Waals surface area contributed by atoms with Crippen LogP contribution in [0.1, 0.15) is 5.56 Å². The maximum absolute atomic E-state index is 5.42. The molecule has 0 saturated carbocycles. The first-order chi connectivity index (χ1) is 9.72. The summed E-state index contributed by atoms with van der Waals surface area (Å²) in [4.78, 5) is 0. The Kier molecular flexibility index (Phi) is 3.85. The Morgan fingerprint density at radius 1 is 1.00 bits per heavy atom. The highest BCUT2D eigenvalue weighted by atomic mass is 79.9. The Hall–Kier alpha value is -1.65. The van der Waals surface area contributed by atoms with Crippen LogP contribution in [0.5, 0.6) is 0 Å². The molecule has 0 amide bonds. The average molecular weight is 345 g/mol. The molecule has 0 saturated heterocycles. The van der Waals surface area contributed by atoms with Crippen molar-refractivity contribution in [2.45, 2.75) is 6.54 Å². The van der Waals surface area contributed by atoms with Crippen molar-refractivity contribution in [2.75, 3.05) is 0 Å². The molecule has 0 bridgehead atoms. The van der Waals surface area contributed by atoms with Crippen molar-refractivity contribution >= 4 is 28.1 Å². The maximum atomic E-state index is 5.42. The average Bonchev–Trinajstić information content (AvgIpc) is 2.81. The van der Waals surface area contributed by atoms with Crippen molar-refractivity contribution in [3.05, 3.63) is 75.3 Å². The van der Waals surface area contributed by atoms with Crippen LogP contribution in [0.25, 0.3) is 11.3 Å². The second-order valence-electron chi connectivity index (χ2n) is 4.59. The number of rotatable bonds is 3. The molecule has 1 heterocycles. The summed E-state index contributed by atoms with van der Waals surface area (Å²) in [7, 11) is 0. The molecule has 4 heteroatoms. The Morgan fingerprint density at radius 3 is 2.55 bits per heavy atom. The third-order valence-corrected chi connectivity index (χ3v) is 3.94. The molecule has 1 N–H and O–H groups in total. The molecule has 0 unspecified atom stereocenters. The third-order valence-electron chi connectivity index (χ3n) is 3.10. The topological polar surface area (TPSA) is 20.7 Å². The van der Waals surface area contributed by atoms with Crippen LogP contribution in [-0.4, -0.2) is 9.78 Å². The molecule has 0 atom stereocenters. The normalized spacial score (nSPS) is 10.7. The minimum atomic E-state index is 0.741. The van der Waals surface area contributed by atoms with E-state index in [0.29, 0.717) is 0 Å². The summed E-state index contributed by atoms with van der Waals surface area (Å²) in [5.74, 6) is 0. The molecule has 100 valence electrons. The number of halogens is 1. The molecule has 3 aromatic rings. The van der Waals surface area contributed by atoms with E-state index in [1.54, 1.807) is 0 Å². The minimum absolute atomic E-state index is 0.741. The van der Waals surface area contributed by atoms with Gasteiger partial charge in [-0.25, -0.2) is 0 Å². The molecule has 2 aromatic carbocycles. The van der Waals surface area contributed by atoms with E-state index in [2.05, 4.69) is 45.3 Å². The van der Waals surface area contributed by atoms with Gasteiger partial charge in [-0.1, -0.05) is 70.6 Å². The first-order valence-corrected chi connectivity index (χ1v) is 7.52. The molecule has 0 fully saturated rings. The van der Waals surface area contributed by atoms with E-state index in [-0.39, 0.29) is 0 Å². The molecule has 0 spiro atoms. The number of hydrogen-bond acceptors (Lipinski definition) is 1. The summed E-state index contributed by atoms with van der Waals surface area (Å²) in [6.07, 6.45) is 0. The molecule has 0 aliphatic heterocycles. The van der Waals surface area contributed by atoms with Crippen molar-refractivity contribution < 1.29 is 0 Å². The Morgan fingerprint density at radius 2 is 1.80 bits per heavy atom. The predicted octanol–water partition coefficient (Wildman–Crippen LogP) is 5.02. The van der Waals surface area contributed by atoms with Crippen LogP contribution in [0.2, 0.25) is 0 Å². The summed E-state index contributed by atoms with van der Waals surface area (Å²) in [5.41, 5.74) is 3.40. The van der Waals surface area contributed by atoms with E-state index in [1.807, 2.05) is 41.1 Å². The fourth-order valence-electron chi connectivity index (χ4n) is 2.14. The number of hydrogen-bond donors (Lipinski definition) is 1. The van der Waals surface area contributed by atoms with Gasteiger partial charge in [-0.15, -0.1) is 0 Å². The lowest BCUT2D eigenvalue weighted by molar-refractivity contribution is 0.680. The van der Waals surface area contributed by atoms with E-state index >= 15 is 0 Å². The van der Waals surface area contributed by atoms with Crippen molar-refractivity contribution in [3.8, 4) is 11.3 Å². The zero-order valence-corrected chi connectivity index (χ0v) is 13.1. The summed E-state index contributed by atoms with van der Waals surface area (Å²) in [6.45, 7) is 0.741. The summed E-state index contributed by atoms with van der Waals surface area (Å²) < 4.78 is 3.87. The Labute approximate surface area is 131 Å². The molecule has 3 rings (SSSR count). The smallest absolute Gasteiger partial charge is 0.122 e. The van der Waals surface area contributed by atoms with Crippen LogP contribution < -0.4 is 0 Å². The molecule has 0 aliphatic carbocycles. The number of nitrogens with one attached hydrogen (secondary N) is 1. The Balaban J connectivity index is 1.92. The van der Waals surface area contributed by atoms with Gasteiger partial charge in [0.1, 0.15) is 4.64 Å². The fraction of sp³-hybridized carbons (Fsp3) is 0.0625. The zero-order valence-electron chi connectivity index (χ0n) is 10.7. The van der Waals surface area contributed by atoms with E-state index in [4.69, 9.17) is 12.2 Å². The summed E-state index contributed by atoms with van der Waals surface area (Å²) >= 11 is 8.92. The molecular weight excluding hydrogens is 332 g/mol. The highest BCUT2D eigenvalue weighted by Crippen LogP contribution is 2.18. The molecular formula is C16H13BrN2S. The lowest BCUT2D eigenvalue weighted by atomic mass is 10.2. The van der Waals surface area contributed by atoms with Gasteiger partial charge in [-0.3, -0.25) is 9.78 Å². The molecule has 20 heavy (non-hydrogen) atoms. The lowest BCUT2D eigenvalue weighted by Gasteiger charge is -2.04. The largest absolute Gasteiger partial charge is 0.297 e. The van der Waals surface area contributed by atoms with E-state index in [9.17, 15) is 0 Å². The van der Waals surface area contributed by atoms with Crippen molar-refractivity contribution in [1.82, 2.24) is 9.78 Å². The summed E-state index contributed by atoms with van der Waals surface area (Å²) in [5, 5.41) is 3.36. The van der Waals surface area contributed by atoms with E-state index in [1.165, 1.54) is 5.56 Å². The Bertz CT molecular complexity index is 774. The highest BCUT2D eigenvalue weighted by molar-refractivity contribution is 9.10. The second-order valence-corrected chi connectivity index (χ2v) is 5.92. The third kappa shape index (κ3) is 2.92.